The quantitative estimate of drug-likeness (QED) is 0.863. The van der Waals surface area contributed by atoms with E-state index in [1.165, 1.54) is 5.56 Å². The Morgan fingerprint density at radius 1 is 1.53 bits per heavy atom. The van der Waals surface area contributed by atoms with Gasteiger partial charge < -0.3 is 10.4 Å². The van der Waals surface area contributed by atoms with Gasteiger partial charge in [-0.25, -0.2) is 0 Å². The first-order chi connectivity index (χ1) is 8.22. The highest BCUT2D eigenvalue weighted by molar-refractivity contribution is 8.00. The van der Waals surface area contributed by atoms with Gasteiger partial charge in [0, 0.05) is 11.5 Å². The second-order valence-corrected chi connectivity index (χ2v) is 5.35. The second-order valence-electron chi connectivity index (χ2n) is 4.33. The summed E-state index contributed by atoms with van der Waals surface area (Å²) in [5, 5.41) is 12.1. The summed E-state index contributed by atoms with van der Waals surface area (Å²) in [6, 6.07) is 6.16. The first-order valence-electron chi connectivity index (χ1n) is 5.89. The summed E-state index contributed by atoms with van der Waals surface area (Å²) in [6.45, 7) is 2.30. The van der Waals surface area contributed by atoms with Gasteiger partial charge in [0.2, 0.25) is 5.91 Å². The molecule has 0 saturated heterocycles. The lowest BCUT2D eigenvalue weighted by atomic mass is 9.97. The number of anilines is 1. The summed E-state index contributed by atoms with van der Waals surface area (Å²) in [7, 11) is 0. The van der Waals surface area contributed by atoms with Gasteiger partial charge in [0.25, 0.3) is 0 Å². The Balaban J connectivity index is 2.15. The molecule has 3 nitrogen and oxygen atoms in total. The summed E-state index contributed by atoms with van der Waals surface area (Å²) < 4.78 is 0. The molecule has 1 aliphatic heterocycles. The molecule has 0 fully saturated rings. The zero-order valence-electron chi connectivity index (χ0n) is 9.90. The Labute approximate surface area is 106 Å². The van der Waals surface area contributed by atoms with Crippen LogP contribution in [-0.2, 0) is 11.2 Å². The number of aliphatic hydroxyl groups is 1. The molecule has 17 heavy (non-hydrogen) atoms. The van der Waals surface area contributed by atoms with Crippen molar-refractivity contribution in [1.29, 1.82) is 0 Å². The van der Waals surface area contributed by atoms with Crippen molar-refractivity contribution in [3.05, 3.63) is 23.8 Å². The molecule has 0 bridgehead atoms. The van der Waals surface area contributed by atoms with E-state index in [0.29, 0.717) is 11.7 Å². The van der Waals surface area contributed by atoms with Gasteiger partial charge >= 0.3 is 0 Å². The molecule has 1 aliphatic rings. The van der Waals surface area contributed by atoms with Crippen LogP contribution in [0, 0.1) is 5.92 Å². The minimum Gasteiger partial charge on any atom is -0.396 e. The molecule has 1 aromatic carbocycles. The van der Waals surface area contributed by atoms with Crippen molar-refractivity contribution in [3.8, 4) is 0 Å². The highest BCUT2D eigenvalue weighted by Gasteiger charge is 2.16. The van der Waals surface area contributed by atoms with Crippen molar-refractivity contribution in [2.75, 3.05) is 17.7 Å². The number of thioether (sulfide) groups is 1. The van der Waals surface area contributed by atoms with E-state index in [9.17, 15) is 9.90 Å². The Bertz CT molecular complexity index is 416. The van der Waals surface area contributed by atoms with Gasteiger partial charge in [0.1, 0.15) is 0 Å². The minimum absolute atomic E-state index is 0.0637. The molecule has 1 atom stereocenters. The second kappa shape index (κ2) is 5.56. The molecule has 0 saturated carbocycles. The summed E-state index contributed by atoms with van der Waals surface area (Å²) in [6.07, 6.45) is 1.83. The van der Waals surface area contributed by atoms with Crippen LogP contribution < -0.4 is 5.32 Å². The number of hydrogen-bond donors (Lipinski definition) is 2. The number of rotatable bonds is 4. The van der Waals surface area contributed by atoms with E-state index >= 15 is 0 Å². The van der Waals surface area contributed by atoms with Crippen molar-refractivity contribution in [1.82, 2.24) is 0 Å². The number of carbonyl (C=O) groups is 1. The van der Waals surface area contributed by atoms with Gasteiger partial charge in [0.05, 0.1) is 11.4 Å². The van der Waals surface area contributed by atoms with E-state index in [2.05, 4.69) is 24.4 Å². The fraction of sp³-hybridized carbons (Fsp3) is 0.462. The van der Waals surface area contributed by atoms with Crippen LogP contribution in [0.5, 0.6) is 0 Å². The lowest BCUT2D eigenvalue weighted by Crippen LogP contribution is -2.19. The molecule has 0 aromatic heterocycles. The molecule has 1 aromatic rings. The Hall–Kier alpha value is -1.000. The standard InChI is InChI=1S/C13H17NO2S/c1-2-9(7-15)5-10-3-4-12-11(6-10)14-13(16)8-17-12/h3-4,6,9,15H,2,5,7-8H2,1H3,(H,14,16). The van der Waals surface area contributed by atoms with Crippen LogP contribution in [0.3, 0.4) is 0 Å². The maximum absolute atomic E-state index is 11.3. The summed E-state index contributed by atoms with van der Waals surface area (Å²) in [5.74, 6) is 0.870. The molecule has 0 radical (unpaired) electrons. The van der Waals surface area contributed by atoms with Crippen LogP contribution in [0.15, 0.2) is 23.1 Å². The minimum atomic E-state index is 0.0637. The van der Waals surface area contributed by atoms with Crippen LogP contribution in [0.25, 0.3) is 0 Å². The van der Waals surface area contributed by atoms with Crippen molar-refractivity contribution >= 4 is 23.4 Å². The van der Waals surface area contributed by atoms with E-state index in [-0.39, 0.29) is 12.5 Å². The van der Waals surface area contributed by atoms with Gasteiger partial charge in [-0.3, -0.25) is 4.79 Å². The Morgan fingerprint density at radius 3 is 3.06 bits per heavy atom. The predicted molar refractivity (Wildman–Crippen MR) is 70.4 cm³/mol. The highest BCUT2D eigenvalue weighted by Crippen LogP contribution is 2.32. The Morgan fingerprint density at radius 2 is 2.35 bits per heavy atom. The average molecular weight is 251 g/mol. The number of fused-ring (bicyclic) bond motifs is 1. The van der Waals surface area contributed by atoms with E-state index in [4.69, 9.17) is 0 Å². The molecule has 1 amide bonds. The van der Waals surface area contributed by atoms with Crippen LogP contribution in [0.1, 0.15) is 18.9 Å². The van der Waals surface area contributed by atoms with E-state index in [1.807, 2.05) is 6.07 Å². The van der Waals surface area contributed by atoms with Crippen molar-refractivity contribution < 1.29 is 9.90 Å². The summed E-state index contributed by atoms with van der Waals surface area (Å²) in [5.41, 5.74) is 2.09. The molecule has 1 unspecified atom stereocenters. The van der Waals surface area contributed by atoms with Crippen LogP contribution >= 0.6 is 11.8 Å². The molecular formula is C13H17NO2S. The van der Waals surface area contributed by atoms with Gasteiger partial charge in [-0.1, -0.05) is 19.4 Å². The fourth-order valence-electron chi connectivity index (χ4n) is 1.93. The molecule has 2 N–H and O–H groups in total. The zero-order valence-corrected chi connectivity index (χ0v) is 10.7. The number of amides is 1. The maximum Gasteiger partial charge on any atom is 0.234 e. The lowest BCUT2D eigenvalue weighted by molar-refractivity contribution is -0.113. The highest BCUT2D eigenvalue weighted by atomic mass is 32.2. The number of benzene rings is 1. The number of nitrogens with one attached hydrogen (secondary N) is 1. The van der Waals surface area contributed by atoms with Gasteiger partial charge in [0.15, 0.2) is 0 Å². The molecule has 0 spiro atoms. The predicted octanol–water partition coefficient (Wildman–Crippen LogP) is 2.29. The third-order valence-electron chi connectivity index (χ3n) is 3.04. The largest absolute Gasteiger partial charge is 0.396 e. The summed E-state index contributed by atoms with van der Waals surface area (Å²) >= 11 is 1.57. The molecule has 2 rings (SSSR count). The van der Waals surface area contributed by atoms with Crippen molar-refractivity contribution in [3.63, 3.8) is 0 Å². The van der Waals surface area contributed by atoms with Crippen molar-refractivity contribution in [2.45, 2.75) is 24.7 Å². The van der Waals surface area contributed by atoms with Gasteiger partial charge in [-0.2, -0.15) is 0 Å². The molecular weight excluding hydrogens is 234 g/mol. The maximum atomic E-state index is 11.3. The lowest BCUT2D eigenvalue weighted by Gasteiger charge is -2.18. The summed E-state index contributed by atoms with van der Waals surface area (Å²) in [4.78, 5) is 12.4. The Kier molecular flexibility index (Phi) is 4.07. The van der Waals surface area contributed by atoms with Gasteiger partial charge in [-0.15, -0.1) is 11.8 Å². The SMILES string of the molecule is CCC(CO)Cc1ccc2c(c1)NC(=O)CS2. The van der Waals surface area contributed by atoms with Gasteiger partial charge in [-0.05, 0) is 30.0 Å². The molecule has 0 aliphatic carbocycles. The van der Waals surface area contributed by atoms with Crippen LogP contribution in [-0.4, -0.2) is 23.4 Å². The zero-order chi connectivity index (χ0) is 12.3. The third-order valence-corrected chi connectivity index (χ3v) is 4.11. The van der Waals surface area contributed by atoms with E-state index in [1.54, 1.807) is 11.8 Å². The topological polar surface area (TPSA) is 49.3 Å². The molecule has 1 heterocycles. The number of carbonyl (C=O) groups excluding carboxylic acids is 1. The smallest absolute Gasteiger partial charge is 0.234 e. The molecule has 4 heteroatoms. The fourth-order valence-corrected chi connectivity index (χ4v) is 2.72. The monoisotopic (exact) mass is 251 g/mol. The normalized spacial score (nSPS) is 16.2. The average Bonchev–Trinajstić information content (AvgIpc) is 2.35. The van der Waals surface area contributed by atoms with E-state index in [0.717, 1.165) is 23.4 Å². The van der Waals surface area contributed by atoms with Crippen molar-refractivity contribution in [2.24, 2.45) is 5.92 Å². The van der Waals surface area contributed by atoms with Crippen LogP contribution in [0.2, 0.25) is 0 Å². The third kappa shape index (κ3) is 3.01. The number of aliphatic hydroxyl groups excluding tert-OH is 1. The first kappa shape index (κ1) is 12.5. The number of hydrogen-bond acceptors (Lipinski definition) is 3. The first-order valence-corrected chi connectivity index (χ1v) is 6.88. The van der Waals surface area contributed by atoms with Crippen LogP contribution in [0.4, 0.5) is 5.69 Å². The molecule has 92 valence electrons. The van der Waals surface area contributed by atoms with E-state index < -0.39 is 0 Å².